The zero-order valence-corrected chi connectivity index (χ0v) is 20.3. The number of phenolic OH excluding ortho intramolecular Hbond substituents is 1. The number of rotatable bonds is 9. The van der Waals surface area contributed by atoms with Crippen LogP contribution in [0.5, 0.6) is 11.5 Å². The standard InChI is InChI=1S/C28H42O2/c1-20(2)11-8-12-21(3)13-9-14-22(4)15-10-17-28(7)18-16-25-24(6)26(29)19-23(5)27(25)30-28/h11,13,15,19,29H,8-10,12,14,16-18H2,1-7H3/b21-13+,22-15-/t28-/m1/s1. The third-order valence-corrected chi connectivity index (χ3v) is 6.36. The van der Waals surface area contributed by atoms with Gasteiger partial charge in [0, 0.05) is 5.56 Å². The van der Waals surface area contributed by atoms with Crippen LogP contribution in [0, 0.1) is 13.8 Å². The molecule has 0 radical (unpaired) electrons. The van der Waals surface area contributed by atoms with Crippen LogP contribution >= 0.6 is 0 Å². The Morgan fingerprint density at radius 3 is 2.23 bits per heavy atom. The van der Waals surface area contributed by atoms with Crippen LogP contribution in [-0.4, -0.2) is 10.7 Å². The molecule has 0 bridgehead atoms. The van der Waals surface area contributed by atoms with Crippen LogP contribution in [0.3, 0.4) is 0 Å². The average Bonchev–Trinajstić information content (AvgIpc) is 2.66. The highest BCUT2D eigenvalue weighted by atomic mass is 16.5. The number of aryl methyl sites for hydroxylation is 1. The molecule has 1 aromatic rings. The third-order valence-electron chi connectivity index (χ3n) is 6.36. The summed E-state index contributed by atoms with van der Waals surface area (Å²) < 4.78 is 6.48. The van der Waals surface area contributed by atoms with Gasteiger partial charge in [-0.05, 0) is 117 Å². The molecule has 2 rings (SSSR count). The van der Waals surface area contributed by atoms with Crippen LogP contribution in [0.2, 0.25) is 0 Å². The number of aromatic hydroxyl groups is 1. The summed E-state index contributed by atoms with van der Waals surface area (Å²) in [7, 11) is 0. The van der Waals surface area contributed by atoms with Crippen molar-refractivity contribution < 1.29 is 9.84 Å². The van der Waals surface area contributed by atoms with E-state index < -0.39 is 0 Å². The molecule has 0 aliphatic carbocycles. The summed E-state index contributed by atoms with van der Waals surface area (Å²) in [6, 6.07) is 1.83. The molecule has 0 aromatic heterocycles. The predicted molar refractivity (Wildman–Crippen MR) is 130 cm³/mol. The summed E-state index contributed by atoms with van der Waals surface area (Å²) in [4.78, 5) is 0. The highest BCUT2D eigenvalue weighted by Gasteiger charge is 2.33. The highest BCUT2D eigenvalue weighted by molar-refractivity contribution is 5.53. The predicted octanol–water partition coefficient (Wildman–Crippen LogP) is 8.29. The van der Waals surface area contributed by atoms with Gasteiger partial charge in [0.2, 0.25) is 0 Å². The molecule has 0 spiro atoms. The minimum absolute atomic E-state index is 0.126. The first-order valence-corrected chi connectivity index (χ1v) is 11.6. The van der Waals surface area contributed by atoms with Crippen molar-refractivity contribution in [3.8, 4) is 11.5 Å². The minimum atomic E-state index is -0.126. The van der Waals surface area contributed by atoms with Crippen molar-refractivity contribution in [2.45, 2.75) is 105 Å². The highest BCUT2D eigenvalue weighted by Crippen LogP contribution is 2.42. The Hall–Kier alpha value is -1.96. The van der Waals surface area contributed by atoms with Gasteiger partial charge in [-0.3, -0.25) is 0 Å². The Morgan fingerprint density at radius 1 is 1.00 bits per heavy atom. The largest absolute Gasteiger partial charge is 0.508 e. The monoisotopic (exact) mass is 410 g/mol. The van der Waals surface area contributed by atoms with Gasteiger partial charge < -0.3 is 9.84 Å². The first-order chi connectivity index (χ1) is 14.1. The number of hydrogen-bond acceptors (Lipinski definition) is 2. The second-order valence-corrected chi connectivity index (χ2v) is 9.70. The van der Waals surface area contributed by atoms with Crippen molar-refractivity contribution in [2.75, 3.05) is 0 Å². The molecule has 1 aromatic carbocycles. The fraction of sp³-hybridized carbons (Fsp3) is 0.571. The zero-order chi connectivity index (χ0) is 22.3. The Balaban J connectivity index is 1.83. The molecule has 1 aliphatic rings. The van der Waals surface area contributed by atoms with Crippen molar-refractivity contribution in [1.82, 2.24) is 0 Å². The van der Waals surface area contributed by atoms with Crippen LogP contribution in [-0.2, 0) is 6.42 Å². The molecule has 0 saturated heterocycles. The van der Waals surface area contributed by atoms with Crippen molar-refractivity contribution in [1.29, 1.82) is 0 Å². The van der Waals surface area contributed by atoms with Gasteiger partial charge in [0.15, 0.2) is 0 Å². The van der Waals surface area contributed by atoms with E-state index in [1.165, 1.54) is 28.7 Å². The molecule has 2 nitrogen and oxygen atoms in total. The SMILES string of the molecule is CC(C)=CCC/C(C)=C/CC/C(C)=C\CC[C@]1(C)CCc2c(C)c(O)cc(C)c2O1. The zero-order valence-electron chi connectivity index (χ0n) is 20.3. The Morgan fingerprint density at radius 2 is 1.60 bits per heavy atom. The van der Waals surface area contributed by atoms with Crippen molar-refractivity contribution in [3.05, 3.63) is 57.7 Å². The molecule has 1 aliphatic heterocycles. The van der Waals surface area contributed by atoms with E-state index in [0.717, 1.165) is 61.8 Å². The van der Waals surface area contributed by atoms with Crippen LogP contribution in [0.25, 0.3) is 0 Å². The lowest BCUT2D eigenvalue weighted by molar-refractivity contribution is 0.0559. The molecular formula is C28H42O2. The van der Waals surface area contributed by atoms with E-state index in [0.29, 0.717) is 5.75 Å². The quantitative estimate of drug-likeness (QED) is 0.415. The minimum Gasteiger partial charge on any atom is -0.508 e. The van der Waals surface area contributed by atoms with Gasteiger partial charge >= 0.3 is 0 Å². The van der Waals surface area contributed by atoms with Crippen molar-refractivity contribution in [2.24, 2.45) is 0 Å². The molecule has 0 amide bonds. The van der Waals surface area contributed by atoms with Crippen LogP contribution in [0.4, 0.5) is 0 Å². The fourth-order valence-corrected chi connectivity index (χ4v) is 4.21. The summed E-state index contributed by atoms with van der Waals surface area (Å²) in [6.45, 7) is 15.1. The van der Waals surface area contributed by atoms with Gasteiger partial charge in [0.1, 0.15) is 17.1 Å². The summed E-state index contributed by atoms with van der Waals surface area (Å²) in [5, 5.41) is 10.1. The Kier molecular flexibility index (Phi) is 8.82. The molecule has 0 saturated carbocycles. The number of benzene rings is 1. The lowest BCUT2D eigenvalue weighted by atomic mass is 9.86. The van der Waals surface area contributed by atoms with E-state index in [1.54, 1.807) is 0 Å². The smallest absolute Gasteiger partial charge is 0.126 e. The molecule has 0 unspecified atom stereocenters. The van der Waals surface area contributed by atoms with Crippen LogP contribution in [0.1, 0.15) is 96.3 Å². The molecule has 1 atom stereocenters. The van der Waals surface area contributed by atoms with E-state index in [4.69, 9.17) is 4.74 Å². The number of ether oxygens (including phenoxy) is 1. The number of phenols is 1. The third kappa shape index (κ3) is 7.07. The second-order valence-electron chi connectivity index (χ2n) is 9.70. The number of fused-ring (bicyclic) bond motifs is 1. The topological polar surface area (TPSA) is 29.5 Å². The molecule has 2 heteroatoms. The maximum atomic E-state index is 10.1. The first kappa shape index (κ1) is 24.3. The number of hydrogen-bond donors (Lipinski definition) is 1. The van der Waals surface area contributed by atoms with Crippen LogP contribution in [0.15, 0.2) is 41.0 Å². The molecule has 30 heavy (non-hydrogen) atoms. The Bertz CT molecular complexity index is 822. The van der Waals surface area contributed by atoms with Gasteiger partial charge in [0.05, 0.1) is 0 Å². The normalized spacial score (nSPS) is 19.3. The maximum absolute atomic E-state index is 10.1. The van der Waals surface area contributed by atoms with E-state index in [9.17, 15) is 5.11 Å². The van der Waals surface area contributed by atoms with Crippen LogP contribution < -0.4 is 4.74 Å². The fourth-order valence-electron chi connectivity index (χ4n) is 4.21. The maximum Gasteiger partial charge on any atom is 0.126 e. The summed E-state index contributed by atoms with van der Waals surface area (Å²) in [5.74, 6) is 1.38. The molecule has 0 fully saturated rings. The molecular weight excluding hydrogens is 368 g/mol. The molecule has 1 heterocycles. The van der Waals surface area contributed by atoms with Gasteiger partial charge in [-0.1, -0.05) is 34.9 Å². The summed E-state index contributed by atoms with van der Waals surface area (Å²) in [5.41, 5.74) is 7.45. The number of allylic oxidation sites excluding steroid dienone is 6. The lowest BCUT2D eigenvalue weighted by Gasteiger charge is -2.37. The van der Waals surface area contributed by atoms with Gasteiger partial charge in [0.25, 0.3) is 0 Å². The Labute approximate surface area is 184 Å². The summed E-state index contributed by atoms with van der Waals surface area (Å²) in [6.07, 6.45) is 15.8. The van der Waals surface area contributed by atoms with E-state index >= 15 is 0 Å². The van der Waals surface area contributed by atoms with Gasteiger partial charge in [-0.15, -0.1) is 0 Å². The molecule has 166 valence electrons. The summed E-state index contributed by atoms with van der Waals surface area (Å²) >= 11 is 0. The van der Waals surface area contributed by atoms with Crippen molar-refractivity contribution in [3.63, 3.8) is 0 Å². The van der Waals surface area contributed by atoms with E-state index in [2.05, 4.69) is 52.8 Å². The molecule has 1 N–H and O–H groups in total. The lowest BCUT2D eigenvalue weighted by Crippen LogP contribution is -2.36. The van der Waals surface area contributed by atoms with Gasteiger partial charge in [-0.2, -0.15) is 0 Å². The van der Waals surface area contributed by atoms with E-state index in [1.807, 2.05) is 19.9 Å². The van der Waals surface area contributed by atoms with Crippen molar-refractivity contribution >= 4 is 0 Å². The average molecular weight is 411 g/mol. The van der Waals surface area contributed by atoms with Gasteiger partial charge in [-0.25, -0.2) is 0 Å². The second kappa shape index (κ2) is 10.9. The first-order valence-electron chi connectivity index (χ1n) is 11.6. The van der Waals surface area contributed by atoms with E-state index in [-0.39, 0.29) is 5.60 Å².